The zero-order valence-electron chi connectivity index (χ0n) is 9.21. The van der Waals surface area contributed by atoms with Gasteiger partial charge in [0.1, 0.15) is 0 Å². The van der Waals surface area contributed by atoms with Gasteiger partial charge in [0.25, 0.3) is 0 Å². The van der Waals surface area contributed by atoms with Crippen molar-refractivity contribution >= 4 is 11.9 Å². The average molecular weight is 229 g/mol. The molecule has 0 spiro atoms. The van der Waals surface area contributed by atoms with E-state index in [2.05, 4.69) is 9.97 Å². The number of carboxylic acid groups (broad SMARTS) is 1. The molecule has 2 aromatic rings. The first-order valence-corrected chi connectivity index (χ1v) is 5.01. The summed E-state index contributed by atoms with van der Waals surface area (Å²) in [5.74, 6) is -1.16. The van der Waals surface area contributed by atoms with Gasteiger partial charge >= 0.3 is 5.97 Å². The molecular weight excluding hydrogens is 218 g/mol. The van der Waals surface area contributed by atoms with Crippen molar-refractivity contribution in [3.05, 3.63) is 41.7 Å². The summed E-state index contributed by atoms with van der Waals surface area (Å²) in [6.07, 6.45) is 1.43. The van der Waals surface area contributed by atoms with Crippen molar-refractivity contribution in [3.8, 4) is 11.1 Å². The number of benzene rings is 1. The zero-order chi connectivity index (χ0) is 12.4. The number of anilines is 1. The van der Waals surface area contributed by atoms with Crippen molar-refractivity contribution in [2.24, 2.45) is 0 Å². The van der Waals surface area contributed by atoms with Crippen molar-refractivity contribution in [1.82, 2.24) is 9.97 Å². The third kappa shape index (κ3) is 2.23. The summed E-state index contributed by atoms with van der Waals surface area (Å²) >= 11 is 0. The topological polar surface area (TPSA) is 89.1 Å². The molecule has 0 aliphatic carbocycles. The molecule has 0 radical (unpaired) electrons. The Kier molecular flexibility index (Phi) is 2.74. The minimum absolute atomic E-state index is 0.0433. The second kappa shape index (κ2) is 4.21. The Morgan fingerprint density at radius 1 is 1.29 bits per heavy atom. The second-order valence-electron chi connectivity index (χ2n) is 3.66. The van der Waals surface area contributed by atoms with Gasteiger partial charge < -0.3 is 10.8 Å². The summed E-state index contributed by atoms with van der Waals surface area (Å²) in [4.78, 5) is 18.6. The van der Waals surface area contributed by atoms with Gasteiger partial charge in [0, 0.05) is 11.8 Å². The quantitative estimate of drug-likeness (QED) is 0.818. The summed E-state index contributed by atoms with van der Waals surface area (Å²) < 4.78 is 0. The van der Waals surface area contributed by atoms with Crippen LogP contribution in [0.2, 0.25) is 0 Å². The van der Waals surface area contributed by atoms with Crippen molar-refractivity contribution in [1.29, 1.82) is 0 Å². The molecule has 1 heterocycles. The monoisotopic (exact) mass is 229 g/mol. The number of hydrogen-bond acceptors (Lipinski definition) is 4. The van der Waals surface area contributed by atoms with Gasteiger partial charge in [0.2, 0.25) is 5.95 Å². The smallest absolute Gasteiger partial charge is 0.355 e. The highest BCUT2D eigenvalue weighted by molar-refractivity contribution is 5.93. The van der Waals surface area contributed by atoms with Crippen LogP contribution in [0.4, 0.5) is 5.95 Å². The number of nitrogen functional groups attached to an aromatic ring is 1. The fraction of sp³-hybridized carbons (Fsp3) is 0.0833. The molecule has 0 aliphatic heterocycles. The van der Waals surface area contributed by atoms with Crippen molar-refractivity contribution in [3.63, 3.8) is 0 Å². The number of carboxylic acids is 1. The number of hydrogen-bond donors (Lipinski definition) is 2. The zero-order valence-corrected chi connectivity index (χ0v) is 9.21. The molecule has 2 rings (SSSR count). The lowest BCUT2D eigenvalue weighted by atomic mass is 10.0. The molecule has 86 valence electrons. The Balaban J connectivity index is 2.58. The molecule has 0 saturated heterocycles. The summed E-state index contributed by atoms with van der Waals surface area (Å²) in [7, 11) is 0. The molecule has 0 saturated carbocycles. The lowest BCUT2D eigenvalue weighted by molar-refractivity contribution is 0.0691. The second-order valence-corrected chi connectivity index (χ2v) is 3.66. The molecule has 0 aliphatic rings. The summed E-state index contributed by atoms with van der Waals surface area (Å²) in [5, 5.41) is 9.06. The molecule has 0 fully saturated rings. The van der Waals surface area contributed by atoms with Crippen molar-refractivity contribution in [2.45, 2.75) is 6.92 Å². The first kappa shape index (κ1) is 11.1. The van der Waals surface area contributed by atoms with Gasteiger partial charge in [-0.1, -0.05) is 29.8 Å². The minimum atomic E-state index is -1.12. The van der Waals surface area contributed by atoms with Gasteiger partial charge in [-0.05, 0) is 12.5 Å². The number of nitrogens with two attached hydrogens (primary N) is 1. The van der Waals surface area contributed by atoms with Gasteiger partial charge in [-0.2, -0.15) is 0 Å². The maximum atomic E-state index is 11.1. The summed E-state index contributed by atoms with van der Waals surface area (Å²) in [6.45, 7) is 1.96. The van der Waals surface area contributed by atoms with Crippen LogP contribution in [0.15, 0.2) is 30.5 Å². The van der Waals surface area contributed by atoms with Gasteiger partial charge in [0.05, 0.1) is 0 Å². The van der Waals surface area contributed by atoms with Gasteiger partial charge in [-0.3, -0.25) is 0 Å². The average Bonchev–Trinajstić information content (AvgIpc) is 2.30. The highest BCUT2D eigenvalue weighted by Crippen LogP contribution is 2.22. The Morgan fingerprint density at radius 2 is 1.94 bits per heavy atom. The number of nitrogens with zero attached hydrogens (tertiary/aromatic N) is 2. The molecule has 5 heteroatoms. The standard InChI is InChI=1S/C12H11N3O2/c1-7-2-4-8(5-3-7)9-6-14-12(13)15-10(9)11(16)17/h2-6H,1H3,(H,16,17)(H2,13,14,15). The first-order chi connectivity index (χ1) is 8.08. The fourth-order valence-corrected chi connectivity index (χ4v) is 1.50. The highest BCUT2D eigenvalue weighted by Gasteiger charge is 2.14. The van der Waals surface area contributed by atoms with Crippen LogP contribution in [0.5, 0.6) is 0 Å². The molecule has 0 bridgehead atoms. The van der Waals surface area contributed by atoms with Crippen LogP contribution in [0.3, 0.4) is 0 Å². The Bertz CT molecular complexity index is 564. The van der Waals surface area contributed by atoms with Crippen LogP contribution in [0, 0.1) is 6.92 Å². The number of aromatic nitrogens is 2. The van der Waals surface area contributed by atoms with Crippen LogP contribution in [-0.2, 0) is 0 Å². The van der Waals surface area contributed by atoms with E-state index in [1.54, 1.807) is 0 Å². The molecule has 17 heavy (non-hydrogen) atoms. The Hall–Kier alpha value is -2.43. The SMILES string of the molecule is Cc1ccc(-c2cnc(N)nc2C(=O)O)cc1. The van der Waals surface area contributed by atoms with Crippen LogP contribution in [0.25, 0.3) is 11.1 Å². The maximum Gasteiger partial charge on any atom is 0.355 e. The van der Waals surface area contributed by atoms with Gasteiger partial charge in [-0.15, -0.1) is 0 Å². The predicted molar refractivity (Wildman–Crippen MR) is 63.6 cm³/mol. The normalized spacial score (nSPS) is 10.2. The number of aryl methyl sites for hydroxylation is 1. The molecular formula is C12H11N3O2. The Labute approximate surface area is 98.0 Å². The van der Waals surface area contributed by atoms with E-state index < -0.39 is 5.97 Å². The van der Waals surface area contributed by atoms with E-state index >= 15 is 0 Å². The van der Waals surface area contributed by atoms with Gasteiger partial charge in [-0.25, -0.2) is 14.8 Å². The van der Waals surface area contributed by atoms with E-state index in [0.29, 0.717) is 5.56 Å². The highest BCUT2D eigenvalue weighted by atomic mass is 16.4. The molecule has 0 amide bonds. The number of carbonyl (C=O) groups is 1. The van der Waals surface area contributed by atoms with Crippen LogP contribution in [-0.4, -0.2) is 21.0 Å². The summed E-state index contributed by atoms with van der Waals surface area (Å²) in [5.41, 5.74) is 7.62. The van der Waals surface area contributed by atoms with E-state index in [1.807, 2.05) is 31.2 Å². The molecule has 3 N–H and O–H groups in total. The van der Waals surface area contributed by atoms with Gasteiger partial charge in [0.15, 0.2) is 5.69 Å². The van der Waals surface area contributed by atoms with Crippen LogP contribution >= 0.6 is 0 Å². The summed E-state index contributed by atoms with van der Waals surface area (Å²) in [6, 6.07) is 7.46. The maximum absolute atomic E-state index is 11.1. The van der Waals surface area contributed by atoms with E-state index in [-0.39, 0.29) is 11.6 Å². The predicted octanol–water partition coefficient (Wildman–Crippen LogP) is 1.73. The molecule has 0 atom stereocenters. The Morgan fingerprint density at radius 3 is 2.53 bits per heavy atom. The van der Waals surface area contributed by atoms with Crippen LogP contribution < -0.4 is 5.73 Å². The lowest BCUT2D eigenvalue weighted by Crippen LogP contribution is -2.07. The molecule has 1 aromatic carbocycles. The number of aromatic carboxylic acids is 1. The molecule has 0 unspecified atom stereocenters. The van der Waals surface area contributed by atoms with Crippen molar-refractivity contribution in [2.75, 3.05) is 5.73 Å². The van der Waals surface area contributed by atoms with E-state index in [0.717, 1.165) is 11.1 Å². The minimum Gasteiger partial charge on any atom is -0.476 e. The van der Waals surface area contributed by atoms with E-state index in [9.17, 15) is 4.79 Å². The van der Waals surface area contributed by atoms with E-state index in [4.69, 9.17) is 10.8 Å². The lowest BCUT2D eigenvalue weighted by Gasteiger charge is -2.05. The molecule has 1 aromatic heterocycles. The van der Waals surface area contributed by atoms with Crippen molar-refractivity contribution < 1.29 is 9.90 Å². The number of rotatable bonds is 2. The first-order valence-electron chi connectivity index (χ1n) is 5.01. The third-order valence-electron chi connectivity index (χ3n) is 2.37. The third-order valence-corrected chi connectivity index (χ3v) is 2.37. The largest absolute Gasteiger partial charge is 0.476 e. The van der Waals surface area contributed by atoms with E-state index in [1.165, 1.54) is 6.20 Å². The fourth-order valence-electron chi connectivity index (χ4n) is 1.50. The molecule has 5 nitrogen and oxygen atoms in total. The van der Waals surface area contributed by atoms with Crippen LogP contribution in [0.1, 0.15) is 16.1 Å².